The Kier molecular flexibility index (Phi) is 5.33. The van der Waals surface area contributed by atoms with Crippen molar-refractivity contribution in [2.75, 3.05) is 6.54 Å². The Morgan fingerprint density at radius 1 is 1.26 bits per heavy atom. The van der Waals surface area contributed by atoms with E-state index in [1.165, 1.54) is 29.5 Å². The maximum absolute atomic E-state index is 12.9. The number of halogens is 1. The van der Waals surface area contributed by atoms with Crippen molar-refractivity contribution in [2.24, 2.45) is 0 Å². The third-order valence-corrected chi connectivity index (χ3v) is 7.52. The number of hydrogen-bond donors (Lipinski definition) is 0. The fraction of sp³-hybridized carbons (Fsp3) is 0.333. The van der Waals surface area contributed by atoms with Gasteiger partial charge in [0.2, 0.25) is 0 Å². The third kappa shape index (κ3) is 3.49. The van der Waals surface area contributed by atoms with E-state index in [9.17, 15) is 18.0 Å². The zero-order valence-corrected chi connectivity index (χ0v) is 17.5. The SMILES string of the molecule is CCN(Cc1ccc(Cl)s1)C(=O)c1ccc2c(c1)S(=O)(=O)N(C(C)C)C2=O. The van der Waals surface area contributed by atoms with Gasteiger partial charge in [-0.3, -0.25) is 9.59 Å². The van der Waals surface area contributed by atoms with Gasteiger partial charge in [0.1, 0.15) is 4.90 Å². The number of sulfonamides is 1. The second kappa shape index (κ2) is 7.26. The molecule has 2 heterocycles. The van der Waals surface area contributed by atoms with Gasteiger partial charge in [0, 0.05) is 23.0 Å². The largest absolute Gasteiger partial charge is 0.334 e. The molecule has 27 heavy (non-hydrogen) atoms. The number of rotatable bonds is 5. The molecule has 2 amide bonds. The Labute approximate surface area is 167 Å². The number of carbonyl (C=O) groups is 2. The van der Waals surface area contributed by atoms with Gasteiger partial charge in [-0.05, 0) is 51.1 Å². The van der Waals surface area contributed by atoms with Crippen LogP contribution in [0, 0.1) is 0 Å². The highest BCUT2D eigenvalue weighted by molar-refractivity contribution is 7.90. The summed E-state index contributed by atoms with van der Waals surface area (Å²) in [5.74, 6) is -0.852. The molecule has 1 aromatic carbocycles. The predicted octanol–water partition coefficient (Wildman–Crippen LogP) is 3.62. The molecule has 3 rings (SSSR count). The molecule has 2 aromatic rings. The molecule has 9 heteroatoms. The van der Waals surface area contributed by atoms with Crippen molar-refractivity contribution in [2.45, 2.75) is 38.3 Å². The summed E-state index contributed by atoms with van der Waals surface area (Å²) in [5.41, 5.74) is 0.341. The highest BCUT2D eigenvalue weighted by atomic mass is 35.5. The Bertz CT molecular complexity index is 1010. The summed E-state index contributed by atoms with van der Waals surface area (Å²) in [6.07, 6.45) is 0. The molecule has 0 spiro atoms. The van der Waals surface area contributed by atoms with Crippen LogP contribution in [0.3, 0.4) is 0 Å². The number of benzene rings is 1. The van der Waals surface area contributed by atoms with Crippen LogP contribution in [0.2, 0.25) is 4.34 Å². The average Bonchev–Trinajstić information content (AvgIpc) is 3.10. The van der Waals surface area contributed by atoms with Gasteiger partial charge in [-0.2, -0.15) is 0 Å². The Balaban J connectivity index is 1.94. The fourth-order valence-corrected chi connectivity index (χ4v) is 5.92. The van der Waals surface area contributed by atoms with Gasteiger partial charge < -0.3 is 4.90 Å². The van der Waals surface area contributed by atoms with Crippen LogP contribution in [0.1, 0.15) is 46.4 Å². The van der Waals surface area contributed by atoms with Crippen molar-refractivity contribution in [3.8, 4) is 0 Å². The van der Waals surface area contributed by atoms with Crippen LogP contribution in [-0.2, 0) is 16.6 Å². The minimum absolute atomic E-state index is 0.105. The van der Waals surface area contributed by atoms with Gasteiger partial charge >= 0.3 is 0 Å². The molecule has 0 radical (unpaired) electrons. The van der Waals surface area contributed by atoms with Crippen molar-refractivity contribution < 1.29 is 18.0 Å². The highest BCUT2D eigenvalue weighted by Gasteiger charge is 2.43. The van der Waals surface area contributed by atoms with Crippen molar-refractivity contribution in [1.29, 1.82) is 0 Å². The monoisotopic (exact) mass is 426 g/mol. The highest BCUT2D eigenvalue weighted by Crippen LogP contribution is 2.33. The lowest BCUT2D eigenvalue weighted by molar-refractivity contribution is 0.0752. The molecule has 1 aliphatic rings. The van der Waals surface area contributed by atoms with E-state index in [1.54, 1.807) is 24.8 Å². The maximum Gasteiger partial charge on any atom is 0.269 e. The van der Waals surface area contributed by atoms with Gasteiger partial charge in [-0.25, -0.2) is 12.7 Å². The molecule has 1 aliphatic heterocycles. The molecule has 0 unspecified atom stereocenters. The number of thiophene rings is 1. The van der Waals surface area contributed by atoms with E-state index in [2.05, 4.69) is 0 Å². The van der Waals surface area contributed by atoms with Gasteiger partial charge in [0.05, 0.1) is 16.4 Å². The molecule has 6 nitrogen and oxygen atoms in total. The maximum atomic E-state index is 12.9. The van der Waals surface area contributed by atoms with Crippen LogP contribution < -0.4 is 0 Å². The first kappa shape index (κ1) is 19.9. The van der Waals surface area contributed by atoms with Gasteiger partial charge in [-0.15, -0.1) is 11.3 Å². The minimum Gasteiger partial charge on any atom is -0.334 e. The first-order chi connectivity index (χ1) is 12.7. The normalized spacial score (nSPS) is 15.3. The first-order valence-electron chi connectivity index (χ1n) is 8.43. The first-order valence-corrected chi connectivity index (χ1v) is 11.1. The predicted molar refractivity (Wildman–Crippen MR) is 105 cm³/mol. The zero-order chi connectivity index (χ0) is 19.9. The Hall–Kier alpha value is -1.90. The summed E-state index contributed by atoms with van der Waals surface area (Å²) in [7, 11) is -3.94. The number of nitrogens with zero attached hydrogens (tertiary/aromatic N) is 2. The number of carbonyl (C=O) groups excluding carboxylic acids is 2. The summed E-state index contributed by atoms with van der Waals surface area (Å²) in [6, 6.07) is 7.36. The fourth-order valence-electron chi connectivity index (χ4n) is 3.03. The lowest BCUT2D eigenvalue weighted by Gasteiger charge is -2.20. The molecule has 0 saturated heterocycles. The van der Waals surface area contributed by atoms with E-state index in [0.29, 0.717) is 17.4 Å². The molecular formula is C18H19ClN2O4S2. The lowest BCUT2D eigenvalue weighted by Crippen LogP contribution is -2.36. The van der Waals surface area contributed by atoms with E-state index < -0.39 is 22.0 Å². The smallest absolute Gasteiger partial charge is 0.269 e. The van der Waals surface area contributed by atoms with Gasteiger partial charge in [0.15, 0.2) is 0 Å². The van der Waals surface area contributed by atoms with Crippen molar-refractivity contribution >= 4 is 44.8 Å². The van der Waals surface area contributed by atoms with Crippen LogP contribution >= 0.6 is 22.9 Å². The van der Waals surface area contributed by atoms with Crippen LogP contribution in [0.15, 0.2) is 35.2 Å². The van der Waals surface area contributed by atoms with Crippen molar-refractivity contribution in [3.63, 3.8) is 0 Å². The standard InChI is InChI=1S/C18H19ClN2O4S2/c1-4-20(10-13-6-8-16(19)26-13)17(22)12-5-7-14-15(9-12)27(24,25)21(11(2)3)18(14)23/h5-9,11H,4,10H2,1-3H3. The van der Waals surface area contributed by atoms with E-state index in [-0.39, 0.29) is 21.9 Å². The molecule has 0 atom stereocenters. The van der Waals surface area contributed by atoms with Crippen LogP contribution in [0.25, 0.3) is 0 Å². The Morgan fingerprint density at radius 2 is 1.96 bits per heavy atom. The van der Waals surface area contributed by atoms with Crippen molar-refractivity contribution in [3.05, 3.63) is 50.7 Å². The van der Waals surface area contributed by atoms with E-state index in [4.69, 9.17) is 11.6 Å². The second-order valence-corrected chi connectivity index (χ2v) is 10.0. The molecule has 0 bridgehead atoms. The minimum atomic E-state index is -3.94. The zero-order valence-electron chi connectivity index (χ0n) is 15.1. The average molecular weight is 427 g/mol. The molecular weight excluding hydrogens is 408 g/mol. The van der Waals surface area contributed by atoms with Crippen LogP contribution in [0.5, 0.6) is 0 Å². The number of amides is 2. The summed E-state index contributed by atoms with van der Waals surface area (Å²) < 4.78 is 26.9. The molecule has 0 N–H and O–H groups in total. The van der Waals surface area contributed by atoms with Crippen molar-refractivity contribution in [1.82, 2.24) is 9.21 Å². The van der Waals surface area contributed by atoms with E-state index in [0.717, 1.165) is 9.18 Å². The number of hydrogen-bond acceptors (Lipinski definition) is 5. The summed E-state index contributed by atoms with van der Waals surface area (Å²) in [4.78, 5) is 27.7. The second-order valence-electron chi connectivity index (χ2n) is 6.44. The summed E-state index contributed by atoms with van der Waals surface area (Å²) in [5, 5.41) is 0. The van der Waals surface area contributed by atoms with E-state index in [1.807, 2.05) is 13.0 Å². The van der Waals surface area contributed by atoms with Gasteiger partial charge in [0.25, 0.3) is 21.8 Å². The number of fused-ring (bicyclic) bond motifs is 1. The molecule has 0 aliphatic carbocycles. The molecule has 1 aromatic heterocycles. The Morgan fingerprint density at radius 3 is 2.52 bits per heavy atom. The molecule has 0 fully saturated rings. The summed E-state index contributed by atoms with van der Waals surface area (Å²) in [6.45, 7) is 5.96. The molecule has 0 saturated carbocycles. The van der Waals surface area contributed by atoms with Gasteiger partial charge in [-0.1, -0.05) is 11.6 Å². The quantitative estimate of drug-likeness (QED) is 0.731. The topological polar surface area (TPSA) is 74.8 Å². The summed E-state index contributed by atoms with van der Waals surface area (Å²) >= 11 is 7.34. The lowest BCUT2D eigenvalue weighted by atomic mass is 10.1. The molecule has 144 valence electrons. The van der Waals surface area contributed by atoms with E-state index >= 15 is 0 Å². The van der Waals surface area contributed by atoms with Crippen LogP contribution in [0.4, 0.5) is 0 Å². The van der Waals surface area contributed by atoms with Crippen LogP contribution in [-0.4, -0.2) is 42.0 Å². The third-order valence-electron chi connectivity index (χ3n) is 4.31.